The molecule has 8 rings (SSSR count). The quantitative estimate of drug-likeness (QED) is 0.0195. The van der Waals surface area contributed by atoms with Crippen LogP contribution in [0.2, 0.25) is 0 Å². The van der Waals surface area contributed by atoms with Crippen molar-refractivity contribution in [2.45, 2.75) is 82.7 Å². The number of halogens is 1. The molecule has 3 aliphatic heterocycles. The number of pyridine rings is 2. The fourth-order valence-corrected chi connectivity index (χ4v) is 10.0. The highest BCUT2D eigenvalue weighted by Gasteiger charge is 2.46. The van der Waals surface area contributed by atoms with Crippen LogP contribution < -0.4 is 37.5 Å². The molecule has 5 heterocycles. The maximum atomic E-state index is 15.5. The average molecular weight is 1100 g/mol. The summed E-state index contributed by atoms with van der Waals surface area (Å²) >= 11 is 0. The first-order valence-electron chi connectivity index (χ1n) is 24.9. The number of hydrogen-bond donors (Lipinski definition) is 9. The lowest BCUT2D eigenvalue weighted by Gasteiger charge is -2.35. The number of hydrogen-bond acceptors (Lipinski definition) is 17. The summed E-state index contributed by atoms with van der Waals surface area (Å²) in [6.45, 7) is -1.04. The number of amides is 8. The van der Waals surface area contributed by atoms with Crippen LogP contribution in [0, 0.1) is 12.7 Å². The maximum Gasteiger partial charge on any atom is 0.343 e. The van der Waals surface area contributed by atoms with Gasteiger partial charge in [-0.05, 0) is 54.5 Å². The van der Waals surface area contributed by atoms with Gasteiger partial charge >= 0.3 is 11.9 Å². The van der Waals surface area contributed by atoms with Gasteiger partial charge in [-0.15, -0.1) is 0 Å². The Morgan fingerprint density at radius 2 is 1.57 bits per heavy atom. The summed E-state index contributed by atoms with van der Waals surface area (Å²) in [5.74, 6) is -9.67. The van der Waals surface area contributed by atoms with Gasteiger partial charge in [0.25, 0.3) is 23.3 Å². The predicted octanol–water partition coefficient (Wildman–Crippen LogP) is -2.57. The third-order valence-electron chi connectivity index (χ3n) is 14.2. The molecule has 0 saturated carbocycles. The van der Waals surface area contributed by atoms with Crippen molar-refractivity contribution in [3.63, 3.8) is 0 Å². The summed E-state index contributed by atoms with van der Waals surface area (Å²) in [5.41, 5.74) is 1.05. The lowest BCUT2D eigenvalue weighted by Crippen LogP contribution is -2.56. The topological polar surface area (TPSA) is 363 Å². The van der Waals surface area contributed by atoms with Crippen molar-refractivity contribution < 1.29 is 77.1 Å². The van der Waals surface area contributed by atoms with E-state index in [1.165, 1.54) is 28.6 Å². The van der Waals surface area contributed by atoms with E-state index in [1.54, 1.807) is 44.2 Å². The highest BCUT2D eigenvalue weighted by Crippen LogP contribution is 2.47. The Balaban J connectivity index is 0.862. The van der Waals surface area contributed by atoms with Crippen molar-refractivity contribution in [3.05, 3.63) is 110 Å². The fraction of sp³-hybridized carbons (Fsp3) is 0.385. The number of benzene rings is 2. The van der Waals surface area contributed by atoms with E-state index >= 15 is 4.39 Å². The van der Waals surface area contributed by atoms with Gasteiger partial charge < -0.3 is 66.2 Å². The monoisotopic (exact) mass is 1090 g/mol. The lowest BCUT2D eigenvalue weighted by atomic mass is 9.81. The Labute approximate surface area is 447 Å². The lowest BCUT2D eigenvalue weighted by molar-refractivity contribution is -0.172. The van der Waals surface area contributed by atoms with Crippen molar-refractivity contribution in [1.29, 1.82) is 0 Å². The summed E-state index contributed by atoms with van der Waals surface area (Å²) < 4.78 is 27.4. The van der Waals surface area contributed by atoms with Gasteiger partial charge in [0.05, 0.1) is 61.2 Å². The number of fused-ring (bicyclic) bond motifs is 5. The van der Waals surface area contributed by atoms with Crippen molar-refractivity contribution >= 4 is 70.1 Å². The van der Waals surface area contributed by atoms with Gasteiger partial charge in [-0.25, -0.2) is 14.2 Å². The molecule has 1 aliphatic carbocycles. The summed E-state index contributed by atoms with van der Waals surface area (Å²) in [7, 11) is 1.43. The normalized spacial score (nSPS) is 17.9. The van der Waals surface area contributed by atoms with Crippen LogP contribution in [0.4, 0.5) is 4.39 Å². The molecule has 26 nitrogen and oxygen atoms in total. The van der Waals surface area contributed by atoms with Gasteiger partial charge in [0.1, 0.15) is 31.2 Å². The van der Waals surface area contributed by atoms with Crippen LogP contribution in [0.5, 0.6) is 0 Å². The second kappa shape index (κ2) is 23.4. The number of nitrogens with zero attached hydrogens (tertiary/aromatic N) is 4. The van der Waals surface area contributed by atoms with E-state index in [0.717, 1.165) is 12.2 Å². The number of carboxylic acids is 1. The molecule has 5 atom stereocenters. The number of nitrogens with one attached hydrogen (secondary N) is 6. The predicted molar refractivity (Wildman–Crippen MR) is 270 cm³/mol. The molecular weight excluding hydrogens is 1040 g/mol. The van der Waals surface area contributed by atoms with E-state index in [2.05, 4.69) is 31.9 Å². The Morgan fingerprint density at radius 3 is 2.25 bits per heavy atom. The van der Waals surface area contributed by atoms with Crippen LogP contribution in [-0.4, -0.2) is 159 Å². The van der Waals surface area contributed by atoms with Crippen LogP contribution in [0.1, 0.15) is 64.8 Å². The molecule has 0 spiro atoms. The molecule has 0 bridgehead atoms. The van der Waals surface area contributed by atoms with E-state index in [4.69, 9.17) is 19.6 Å². The first-order valence-corrected chi connectivity index (χ1v) is 24.9. The van der Waals surface area contributed by atoms with E-state index in [9.17, 15) is 63.0 Å². The highest BCUT2D eigenvalue weighted by molar-refractivity contribution is 6.15. The number of likely N-dealkylation sites (N-methyl/N-ethyl adjacent to an activating group) is 1. The first-order chi connectivity index (χ1) is 37.6. The molecule has 8 amide bonds. The molecule has 2 aromatic carbocycles. The zero-order chi connectivity index (χ0) is 57.0. The maximum absolute atomic E-state index is 15.5. The van der Waals surface area contributed by atoms with Crippen molar-refractivity contribution in [2.24, 2.45) is 0 Å². The van der Waals surface area contributed by atoms with E-state index in [-0.39, 0.29) is 60.4 Å². The molecule has 0 radical (unpaired) electrons. The zero-order valence-corrected chi connectivity index (χ0v) is 42.8. The molecule has 4 aliphatic rings. The Bertz CT molecular complexity index is 3300. The molecule has 0 fully saturated rings. The van der Waals surface area contributed by atoms with Gasteiger partial charge in [0.2, 0.25) is 35.8 Å². The minimum Gasteiger partial charge on any atom is -0.480 e. The fourth-order valence-electron chi connectivity index (χ4n) is 10.0. The smallest absolute Gasteiger partial charge is 0.343 e. The molecule has 2 aromatic heterocycles. The van der Waals surface area contributed by atoms with Crippen LogP contribution in [-0.2, 0) is 89.0 Å². The number of carbonyl (C=O) groups is 10. The number of imide groups is 1. The number of ether oxygens (including phenoxy) is 2. The second-order valence-corrected chi connectivity index (χ2v) is 19.0. The molecule has 0 saturated heterocycles. The largest absolute Gasteiger partial charge is 0.480 e. The van der Waals surface area contributed by atoms with Gasteiger partial charge in [-0.3, -0.25) is 52.8 Å². The number of esters is 1. The van der Waals surface area contributed by atoms with Crippen LogP contribution in [0.3, 0.4) is 0 Å². The molecule has 4 aromatic rings. The third-order valence-corrected chi connectivity index (χ3v) is 14.2. The van der Waals surface area contributed by atoms with Crippen molar-refractivity contribution in [3.8, 4) is 11.4 Å². The number of aliphatic hydroxyl groups is 2. The van der Waals surface area contributed by atoms with Gasteiger partial charge in [0.15, 0.2) is 5.60 Å². The first kappa shape index (κ1) is 56.4. The van der Waals surface area contributed by atoms with Crippen LogP contribution >= 0.6 is 0 Å². The standard InChI is InChI=1S/C52H55FN10O16/c1-4-52(77)30-15-35-45-28(22-62(35)48(73)29(30)23-78-51(52)76)44-34(11-10-27-25(2)31(53)16-32(60-45)43(27)44)61(3)49(74)50(75)79-24-58-38(65)19-56-46(71)33(14-26-8-6-5-7-9-26)59-39(66)20-55-37(64)18-57-47(72)36(17-54-21-42(69)70)63-40(67)12-13-41(63)68/h5-9,12-13,15-16,33-34,36,50,54,75,77H,4,10-11,14,17-24H2,1-3H3,(H,55,64)(H,56,71)(H,57,72)(H,58,65)(H,59,66)(H,69,70)/t33-,34-,36-,50-,52-/m0/s1. The van der Waals surface area contributed by atoms with E-state index in [1.807, 2.05) is 0 Å². The number of rotatable bonds is 22. The minimum absolute atomic E-state index is 0.0279. The Morgan fingerprint density at radius 1 is 0.899 bits per heavy atom. The highest BCUT2D eigenvalue weighted by atomic mass is 19.1. The van der Waals surface area contributed by atoms with Gasteiger partial charge in [-0.2, -0.15) is 0 Å². The summed E-state index contributed by atoms with van der Waals surface area (Å²) in [6, 6.07) is 7.64. The van der Waals surface area contributed by atoms with Crippen LogP contribution in [0.15, 0.2) is 59.4 Å². The minimum atomic E-state index is -2.13. The van der Waals surface area contributed by atoms with Gasteiger partial charge in [0, 0.05) is 54.7 Å². The number of carbonyl (C=O) groups excluding carboxylic acids is 9. The number of aliphatic hydroxyl groups excluding tert-OH is 1. The molecule has 9 N–H and O–H groups in total. The number of aliphatic carboxylic acids is 1. The molecule has 27 heteroatoms. The number of carboxylic acid groups (broad SMARTS) is 1. The van der Waals surface area contributed by atoms with Gasteiger partial charge in [-0.1, -0.05) is 37.3 Å². The van der Waals surface area contributed by atoms with Crippen LogP contribution in [0.25, 0.3) is 22.3 Å². The molecule has 79 heavy (non-hydrogen) atoms. The average Bonchev–Trinajstić information content (AvgIpc) is 4.19. The van der Waals surface area contributed by atoms with Crippen molar-refractivity contribution in [2.75, 3.05) is 46.5 Å². The van der Waals surface area contributed by atoms with Crippen molar-refractivity contribution in [1.82, 2.24) is 51.3 Å². The second-order valence-electron chi connectivity index (χ2n) is 19.0. The number of aromatic nitrogens is 2. The number of cyclic esters (lactones) is 1. The summed E-state index contributed by atoms with van der Waals surface area (Å²) in [4.78, 5) is 148. The van der Waals surface area contributed by atoms with E-state index < -0.39 is 140 Å². The Kier molecular flexibility index (Phi) is 16.7. The third kappa shape index (κ3) is 11.6. The Hall–Kier alpha value is -8.79. The zero-order valence-electron chi connectivity index (χ0n) is 42.8. The molecule has 416 valence electrons. The summed E-state index contributed by atoms with van der Waals surface area (Å²) in [6.07, 6.45) is 0.113. The number of aryl methyl sites for hydroxylation is 1. The molecular formula is C52H55FN10O16. The summed E-state index contributed by atoms with van der Waals surface area (Å²) in [5, 5.41) is 46.1. The van der Waals surface area contributed by atoms with E-state index in [0.29, 0.717) is 44.5 Å². The SMILES string of the molecule is CC[C@@]1(O)C(=O)OCc2c1cc1n(c2=O)Cc2c-1nc1cc(F)c(C)c3c1c2[C@@H](N(C)C(=O)[C@@H](O)OCNC(=O)CNC(=O)[C@H](Cc1ccccc1)NC(=O)CNC(=O)CNC(=O)[C@H](CNCC(=O)O)N1C(=O)C=CC1=O)CC3. The molecule has 0 unspecified atom stereocenters.